The fraction of sp³-hybridized carbons (Fsp3) is 0.684. The average molecular weight is 256 g/mol. The molecule has 2 aliphatic carbocycles. The van der Waals surface area contributed by atoms with Gasteiger partial charge in [-0.15, -0.1) is 0 Å². The first-order chi connectivity index (χ1) is 9.34. The van der Waals surface area contributed by atoms with Gasteiger partial charge in [-0.2, -0.15) is 0 Å². The van der Waals surface area contributed by atoms with Crippen LogP contribution in [0.3, 0.4) is 0 Å². The van der Waals surface area contributed by atoms with E-state index in [-0.39, 0.29) is 0 Å². The van der Waals surface area contributed by atoms with Gasteiger partial charge in [0.1, 0.15) is 0 Å². The van der Waals surface area contributed by atoms with Crippen molar-refractivity contribution in [1.29, 1.82) is 0 Å². The van der Waals surface area contributed by atoms with Crippen LogP contribution in [0.15, 0.2) is 18.2 Å². The third-order valence-electron chi connectivity index (χ3n) is 5.42. The van der Waals surface area contributed by atoms with E-state index in [1.54, 1.807) is 11.1 Å². The predicted octanol–water partition coefficient (Wildman–Crippen LogP) is 6.09. The van der Waals surface area contributed by atoms with Crippen molar-refractivity contribution >= 4 is 0 Å². The summed E-state index contributed by atoms with van der Waals surface area (Å²) in [7, 11) is 0. The number of aryl methyl sites for hydroxylation is 1. The van der Waals surface area contributed by atoms with Crippen LogP contribution in [0.1, 0.15) is 92.7 Å². The highest BCUT2D eigenvalue weighted by Gasteiger charge is 2.20. The largest absolute Gasteiger partial charge is 0.0588 e. The van der Waals surface area contributed by atoms with Gasteiger partial charge in [-0.3, -0.25) is 0 Å². The molecule has 0 heteroatoms. The predicted molar refractivity (Wildman–Crippen MR) is 82.8 cm³/mol. The molecule has 0 bridgehead atoms. The number of benzene rings is 1. The molecule has 0 nitrogen and oxygen atoms in total. The number of rotatable bonds is 2. The van der Waals surface area contributed by atoms with Crippen molar-refractivity contribution in [2.75, 3.05) is 0 Å². The lowest BCUT2D eigenvalue weighted by Crippen LogP contribution is -2.09. The molecule has 0 N–H and O–H groups in total. The Morgan fingerprint density at radius 1 is 0.737 bits per heavy atom. The van der Waals surface area contributed by atoms with Gasteiger partial charge in [0.05, 0.1) is 0 Å². The third kappa shape index (κ3) is 3.04. The van der Waals surface area contributed by atoms with Crippen molar-refractivity contribution in [3.8, 4) is 0 Å². The van der Waals surface area contributed by atoms with Gasteiger partial charge >= 0.3 is 0 Å². The summed E-state index contributed by atoms with van der Waals surface area (Å²) in [5, 5.41) is 0. The molecule has 1 aromatic carbocycles. The monoisotopic (exact) mass is 256 g/mol. The van der Waals surface area contributed by atoms with Crippen molar-refractivity contribution in [3.63, 3.8) is 0 Å². The zero-order valence-electron chi connectivity index (χ0n) is 12.5. The minimum atomic E-state index is 0.858. The normalized spacial score (nSPS) is 22.6. The SMILES string of the molecule is Cc1ccc(C2CCCCC2)cc1C1CCCCC1. The lowest BCUT2D eigenvalue weighted by Gasteiger charge is -2.27. The van der Waals surface area contributed by atoms with Crippen molar-refractivity contribution in [2.24, 2.45) is 0 Å². The van der Waals surface area contributed by atoms with E-state index >= 15 is 0 Å². The van der Waals surface area contributed by atoms with E-state index in [9.17, 15) is 0 Å². The highest BCUT2D eigenvalue weighted by Crippen LogP contribution is 2.38. The topological polar surface area (TPSA) is 0 Å². The first-order valence-electron chi connectivity index (χ1n) is 8.45. The maximum absolute atomic E-state index is 2.58. The summed E-state index contributed by atoms with van der Waals surface area (Å²) in [6.45, 7) is 2.31. The highest BCUT2D eigenvalue weighted by molar-refractivity contribution is 5.36. The van der Waals surface area contributed by atoms with E-state index in [1.807, 2.05) is 0 Å². The third-order valence-corrected chi connectivity index (χ3v) is 5.42. The molecular weight excluding hydrogens is 228 g/mol. The zero-order valence-corrected chi connectivity index (χ0v) is 12.5. The molecular formula is C19H28. The summed E-state index contributed by atoms with van der Waals surface area (Å²) in [5.41, 5.74) is 4.86. The van der Waals surface area contributed by atoms with Crippen LogP contribution in [0, 0.1) is 6.92 Å². The van der Waals surface area contributed by atoms with E-state index in [2.05, 4.69) is 25.1 Å². The van der Waals surface area contributed by atoms with Gasteiger partial charge in [0.15, 0.2) is 0 Å². The molecule has 2 saturated carbocycles. The fourth-order valence-electron chi connectivity index (χ4n) is 4.20. The van der Waals surface area contributed by atoms with Crippen LogP contribution in [-0.2, 0) is 0 Å². The Kier molecular flexibility index (Phi) is 4.25. The highest BCUT2D eigenvalue weighted by atomic mass is 14.3. The van der Waals surface area contributed by atoms with E-state index < -0.39 is 0 Å². The van der Waals surface area contributed by atoms with Crippen molar-refractivity contribution in [1.82, 2.24) is 0 Å². The summed E-state index contributed by atoms with van der Waals surface area (Å²) in [6, 6.07) is 7.40. The fourth-order valence-corrected chi connectivity index (χ4v) is 4.20. The van der Waals surface area contributed by atoms with Crippen molar-refractivity contribution in [3.05, 3.63) is 34.9 Å². The van der Waals surface area contributed by atoms with Crippen molar-refractivity contribution < 1.29 is 0 Å². The minimum absolute atomic E-state index is 0.858. The molecule has 0 spiro atoms. The Morgan fingerprint density at radius 3 is 1.95 bits per heavy atom. The Morgan fingerprint density at radius 2 is 1.32 bits per heavy atom. The molecule has 104 valence electrons. The number of hydrogen-bond acceptors (Lipinski definition) is 0. The van der Waals surface area contributed by atoms with Gasteiger partial charge in [0, 0.05) is 0 Å². The summed E-state index contributed by atoms with van der Waals surface area (Å²) < 4.78 is 0. The standard InChI is InChI=1S/C19H28/c1-15-12-13-18(16-8-4-2-5-9-16)14-19(15)17-10-6-3-7-11-17/h12-14,16-17H,2-11H2,1H3. The summed E-state index contributed by atoms with van der Waals surface area (Å²) in [6.07, 6.45) is 14.4. The Labute approximate surface area is 118 Å². The Bertz CT molecular complexity index is 406. The maximum atomic E-state index is 2.58. The summed E-state index contributed by atoms with van der Waals surface area (Å²) in [4.78, 5) is 0. The van der Waals surface area contributed by atoms with E-state index in [0.29, 0.717) is 0 Å². The molecule has 0 aliphatic heterocycles. The summed E-state index contributed by atoms with van der Waals surface area (Å²) in [5.74, 6) is 1.72. The molecule has 2 fully saturated rings. The molecule has 2 aliphatic rings. The van der Waals surface area contributed by atoms with E-state index in [1.165, 1.54) is 69.8 Å². The molecule has 19 heavy (non-hydrogen) atoms. The minimum Gasteiger partial charge on any atom is -0.0588 e. The Hall–Kier alpha value is -0.780. The second kappa shape index (κ2) is 6.11. The van der Waals surface area contributed by atoms with Gasteiger partial charge < -0.3 is 0 Å². The second-order valence-corrected chi connectivity index (χ2v) is 6.79. The van der Waals surface area contributed by atoms with Gasteiger partial charge in [-0.05, 0) is 61.1 Å². The van der Waals surface area contributed by atoms with Crippen LogP contribution < -0.4 is 0 Å². The molecule has 0 aromatic heterocycles. The zero-order chi connectivity index (χ0) is 13.1. The second-order valence-electron chi connectivity index (χ2n) is 6.79. The Balaban J connectivity index is 1.82. The van der Waals surface area contributed by atoms with Crippen molar-refractivity contribution in [2.45, 2.75) is 83.0 Å². The molecule has 3 rings (SSSR count). The molecule has 0 saturated heterocycles. The van der Waals surface area contributed by atoms with Crippen LogP contribution in [0.5, 0.6) is 0 Å². The van der Waals surface area contributed by atoms with E-state index in [0.717, 1.165) is 11.8 Å². The lowest BCUT2D eigenvalue weighted by molar-refractivity contribution is 0.434. The first kappa shape index (κ1) is 13.2. The van der Waals surface area contributed by atoms with Crippen LogP contribution in [0.2, 0.25) is 0 Å². The smallest absolute Gasteiger partial charge is 0.0159 e. The van der Waals surface area contributed by atoms with Crippen LogP contribution in [0.4, 0.5) is 0 Å². The van der Waals surface area contributed by atoms with E-state index in [4.69, 9.17) is 0 Å². The van der Waals surface area contributed by atoms with Crippen LogP contribution in [-0.4, -0.2) is 0 Å². The molecule has 0 unspecified atom stereocenters. The average Bonchev–Trinajstić information content (AvgIpc) is 2.49. The lowest BCUT2D eigenvalue weighted by atomic mass is 9.78. The van der Waals surface area contributed by atoms with Gasteiger partial charge in [-0.1, -0.05) is 56.7 Å². The number of hydrogen-bond donors (Lipinski definition) is 0. The molecule has 0 amide bonds. The van der Waals surface area contributed by atoms with Gasteiger partial charge in [-0.25, -0.2) is 0 Å². The van der Waals surface area contributed by atoms with Crippen LogP contribution >= 0.6 is 0 Å². The molecule has 0 heterocycles. The van der Waals surface area contributed by atoms with Crippen LogP contribution in [0.25, 0.3) is 0 Å². The van der Waals surface area contributed by atoms with Gasteiger partial charge in [0.2, 0.25) is 0 Å². The van der Waals surface area contributed by atoms with Gasteiger partial charge in [0.25, 0.3) is 0 Å². The molecule has 0 atom stereocenters. The quantitative estimate of drug-likeness (QED) is 0.600. The summed E-state index contributed by atoms with van der Waals surface area (Å²) >= 11 is 0. The molecule has 1 aromatic rings. The maximum Gasteiger partial charge on any atom is -0.0159 e. The molecule has 0 radical (unpaired) electrons. The first-order valence-corrected chi connectivity index (χ1v) is 8.45.